The summed E-state index contributed by atoms with van der Waals surface area (Å²) in [5.74, 6) is -5.81. The molecule has 0 aromatic heterocycles. The summed E-state index contributed by atoms with van der Waals surface area (Å²) in [7, 11) is -3.74. The van der Waals surface area contributed by atoms with Crippen LogP contribution in [0.1, 0.15) is 27.1 Å². The Morgan fingerprint density at radius 1 is 1.09 bits per heavy atom. The molecule has 0 saturated carbocycles. The predicted molar refractivity (Wildman–Crippen MR) is 112 cm³/mol. The largest absolute Gasteiger partial charge is 0.490 e. The molecule has 12 nitrogen and oxygen atoms in total. The van der Waals surface area contributed by atoms with Gasteiger partial charge in [-0.3, -0.25) is 28.9 Å². The fourth-order valence-electron chi connectivity index (χ4n) is 3.22. The Bertz CT molecular complexity index is 1090. The number of anilines is 1. The minimum Gasteiger partial charge on any atom is -0.480 e. The number of aliphatic carboxylic acids is 2. The second-order valence-electron chi connectivity index (χ2n) is 7.35. The molecule has 1 fully saturated rings. The van der Waals surface area contributed by atoms with Gasteiger partial charge in [-0.15, -0.1) is 0 Å². The number of halogens is 3. The number of rotatable bonds is 8. The first-order chi connectivity index (χ1) is 16.2. The van der Waals surface area contributed by atoms with Crippen molar-refractivity contribution in [3.8, 4) is 0 Å². The molecule has 0 spiro atoms. The second-order valence-corrected chi connectivity index (χ2v) is 9.19. The zero-order valence-electron chi connectivity index (χ0n) is 18.1. The third-order valence-electron chi connectivity index (χ3n) is 4.79. The normalized spacial score (nSPS) is 16.4. The summed E-state index contributed by atoms with van der Waals surface area (Å²) in [6, 6.07) is 4.20. The predicted octanol–water partition coefficient (Wildman–Crippen LogP) is 0.465. The van der Waals surface area contributed by atoms with Crippen LogP contribution < -0.4 is 4.72 Å². The Morgan fingerprint density at radius 2 is 1.69 bits per heavy atom. The average molecular weight is 525 g/mol. The molecular formula is C19H22F3N3O9S. The van der Waals surface area contributed by atoms with Crippen LogP contribution in [0.2, 0.25) is 0 Å². The molecule has 1 aromatic carbocycles. The molecule has 0 atom stereocenters. The van der Waals surface area contributed by atoms with Gasteiger partial charge in [-0.05, 0) is 25.1 Å². The summed E-state index contributed by atoms with van der Waals surface area (Å²) in [6.07, 6.45) is -4.68. The third-order valence-corrected chi connectivity index (χ3v) is 6.15. The van der Waals surface area contributed by atoms with Crippen LogP contribution in [0.4, 0.5) is 18.9 Å². The van der Waals surface area contributed by atoms with E-state index in [1.54, 1.807) is 0 Å². The fourth-order valence-corrected chi connectivity index (χ4v) is 4.34. The van der Waals surface area contributed by atoms with Crippen molar-refractivity contribution >= 4 is 39.5 Å². The number of benzene rings is 1. The number of carbonyl (C=O) groups is 4. The van der Waals surface area contributed by atoms with Gasteiger partial charge in [0.25, 0.3) is 11.8 Å². The number of nitrogens with one attached hydrogen (secondary N) is 1. The van der Waals surface area contributed by atoms with E-state index in [4.69, 9.17) is 19.7 Å². The molecule has 0 radical (unpaired) electrons. The molecule has 3 rings (SSSR count). The monoisotopic (exact) mass is 525 g/mol. The summed E-state index contributed by atoms with van der Waals surface area (Å²) < 4.78 is 64.2. The van der Waals surface area contributed by atoms with Crippen molar-refractivity contribution in [2.75, 3.05) is 49.9 Å². The zero-order valence-corrected chi connectivity index (χ0v) is 18.9. The highest BCUT2D eigenvalue weighted by atomic mass is 32.2. The Kier molecular flexibility index (Phi) is 9.17. The van der Waals surface area contributed by atoms with E-state index in [9.17, 15) is 36.0 Å². The van der Waals surface area contributed by atoms with Crippen LogP contribution in [0.5, 0.6) is 0 Å². The average Bonchev–Trinajstić information content (AvgIpc) is 2.99. The number of hydrogen-bond acceptors (Lipinski definition) is 8. The minimum atomic E-state index is -5.08. The van der Waals surface area contributed by atoms with Crippen molar-refractivity contribution in [1.29, 1.82) is 0 Å². The van der Waals surface area contributed by atoms with Gasteiger partial charge in [-0.25, -0.2) is 13.2 Å². The SMILES string of the molecule is O=C(O)C(F)(F)F.O=C(O)CN1C(=O)c2cccc(NS(=O)(=O)CCCN3CCOCC3)c2C1=O. The van der Waals surface area contributed by atoms with Crippen LogP contribution in [-0.2, 0) is 24.3 Å². The van der Waals surface area contributed by atoms with Crippen LogP contribution in [0.3, 0.4) is 0 Å². The second kappa shape index (κ2) is 11.5. The Balaban J connectivity index is 0.000000540. The smallest absolute Gasteiger partial charge is 0.480 e. The lowest BCUT2D eigenvalue weighted by Gasteiger charge is -2.26. The van der Waals surface area contributed by atoms with Gasteiger partial charge in [-0.2, -0.15) is 13.2 Å². The Hall–Kier alpha value is -3.24. The molecule has 2 aliphatic heterocycles. The van der Waals surface area contributed by atoms with Gasteiger partial charge in [0.05, 0.1) is 35.8 Å². The highest BCUT2D eigenvalue weighted by molar-refractivity contribution is 7.92. The molecule has 1 saturated heterocycles. The number of ether oxygens (including phenoxy) is 1. The molecule has 2 amide bonds. The van der Waals surface area contributed by atoms with Gasteiger partial charge in [0.15, 0.2) is 0 Å². The molecule has 0 aliphatic carbocycles. The molecule has 16 heteroatoms. The number of morpholine rings is 1. The van der Waals surface area contributed by atoms with Crippen LogP contribution >= 0.6 is 0 Å². The lowest BCUT2D eigenvalue weighted by atomic mass is 10.1. The summed E-state index contributed by atoms with van der Waals surface area (Å²) in [6.45, 7) is 2.61. The topological polar surface area (TPSA) is 171 Å². The summed E-state index contributed by atoms with van der Waals surface area (Å²) in [5, 5.41) is 16.0. The molecule has 1 aromatic rings. The first-order valence-corrected chi connectivity index (χ1v) is 11.7. The van der Waals surface area contributed by atoms with Crippen LogP contribution in [0.15, 0.2) is 18.2 Å². The number of sulfonamides is 1. The Labute approximate surface area is 197 Å². The third kappa shape index (κ3) is 7.90. The van der Waals surface area contributed by atoms with Crippen LogP contribution in [0.25, 0.3) is 0 Å². The quantitative estimate of drug-likeness (QED) is 0.405. The maximum absolute atomic E-state index is 12.5. The maximum atomic E-state index is 12.5. The van der Waals surface area contributed by atoms with E-state index in [0.717, 1.165) is 13.1 Å². The van der Waals surface area contributed by atoms with Gasteiger partial charge >= 0.3 is 18.1 Å². The molecule has 194 valence electrons. The molecule has 0 bridgehead atoms. The molecule has 0 unspecified atom stereocenters. The van der Waals surface area contributed by atoms with E-state index in [0.29, 0.717) is 31.1 Å². The minimum absolute atomic E-state index is 0.0141. The van der Waals surface area contributed by atoms with Crippen molar-refractivity contribution in [1.82, 2.24) is 9.80 Å². The van der Waals surface area contributed by atoms with E-state index >= 15 is 0 Å². The number of fused-ring (bicyclic) bond motifs is 1. The molecule has 2 heterocycles. The first-order valence-electron chi connectivity index (χ1n) is 10.0. The standard InChI is InChI=1S/C17H21N3O7S.C2HF3O2/c21-14(22)11-20-16(23)12-3-1-4-13(15(12)17(20)24)18-28(25,26)10-2-5-19-6-8-27-9-7-19;3-2(4,5)1(6)7/h1,3-4,18H,2,5-11H2,(H,21,22);(H,6,7). The number of hydrogen-bond donors (Lipinski definition) is 3. The van der Waals surface area contributed by atoms with E-state index in [-0.39, 0.29) is 22.6 Å². The van der Waals surface area contributed by atoms with Gasteiger partial charge in [0.2, 0.25) is 10.0 Å². The number of carbonyl (C=O) groups excluding carboxylic acids is 2. The molecular weight excluding hydrogens is 503 g/mol. The number of amides is 2. The van der Waals surface area contributed by atoms with Gasteiger partial charge in [0.1, 0.15) is 6.54 Å². The number of carboxylic acids is 2. The van der Waals surface area contributed by atoms with Crippen LogP contribution in [0, 0.1) is 0 Å². The number of imide groups is 1. The van der Waals surface area contributed by atoms with Crippen molar-refractivity contribution < 1.29 is 55.7 Å². The van der Waals surface area contributed by atoms with E-state index in [1.165, 1.54) is 18.2 Å². The van der Waals surface area contributed by atoms with Gasteiger partial charge < -0.3 is 14.9 Å². The van der Waals surface area contributed by atoms with Crippen molar-refractivity contribution in [3.63, 3.8) is 0 Å². The zero-order chi connectivity index (χ0) is 26.4. The lowest BCUT2D eigenvalue weighted by molar-refractivity contribution is -0.192. The fraction of sp³-hybridized carbons (Fsp3) is 0.474. The number of nitrogens with zero attached hydrogens (tertiary/aromatic N) is 2. The number of carboxylic acid groups (broad SMARTS) is 2. The van der Waals surface area contributed by atoms with Crippen molar-refractivity contribution in [3.05, 3.63) is 29.3 Å². The lowest BCUT2D eigenvalue weighted by Crippen LogP contribution is -2.37. The molecule has 2 aliphatic rings. The Morgan fingerprint density at radius 3 is 2.23 bits per heavy atom. The molecule has 35 heavy (non-hydrogen) atoms. The number of alkyl halides is 3. The van der Waals surface area contributed by atoms with E-state index < -0.39 is 46.5 Å². The maximum Gasteiger partial charge on any atom is 0.490 e. The summed E-state index contributed by atoms with van der Waals surface area (Å²) in [5.41, 5.74) is -0.152. The first kappa shape index (κ1) is 28.0. The van der Waals surface area contributed by atoms with E-state index in [2.05, 4.69) is 9.62 Å². The van der Waals surface area contributed by atoms with Crippen molar-refractivity contribution in [2.45, 2.75) is 12.6 Å². The highest BCUT2D eigenvalue weighted by Gasteiger charge is 2.39. The molecule has 3 N–H and O–H groups in total. The highest BCUT2D eigenvalue weighted by Crippen LogP contribution is 2.30. The van der Waals surface area contributed by atoms with Crippen molar-refractivity contribution in [2.24, 2.45) is 0 Å². The van der Waals surface area contributed by atoms with Gasteiger partial charge in [-0.1, -0.05) is 6.07 Å². The summed E-state index contributed by atoms with van der Waals surface area (Å²) in [4.78, 5) is 47.2. The summed E-state index contributed by atoms with van der Waals surface area (Å²) >= 11 is 0. The van der Waals surface area contributed by atoms with Crippen LogP contribution in [-0.4, -0.2) is 104 Å². The van der Waals surface area contributed by atoms with Gasteiger partial charge in [0, 0.05) is 13.1 Å². The van der Waals surface area contributed by atoms with E-state index in [1.807, 2.05) is 0 Å².